The second-order valence-corrected chi connectivity index (χ2v) is 28.8. The first-order valence-corrected chi connectivity index (χ1v) is 38.4. The highest BCUT2D eigenvalue weighted by molar-refractivity contribution is 9.10. The Labute approximate surface area is 783 Å². The number of rotatable bonds is 14. The topological polar surface area (TPSA) is 470 Å². The molecule has 12 rings (SSSR count). The van der Waals surface area contributed by atoms with E-state index in [1.54, 1.807) is 13.0 Å². The van der Waals surface area contributed by atoms with E-state index in [1.807, 2.05) is 6.07 Å². The van der Waals surface area contributed by atoms with Gasteiger partial charge in [0, 0.05) is 33.4 Å². The van der Waals surface area contributed by atoms with Crippen molar-refractivity contribution in [3.05, 3.63) is 271 Å². The minimum absolute atomic E-state index is 0.00816. The monoisotopic (exact) mass is 2080 g/mol. The highest BCUT2D eigenvalue weighted by Crippen LogP contribution is 2.44. The smallest absolute Gasteiger partial charge is 0.419 e. The molecule has 0 aliphatic heterocycles. The molecule has 0 spiro atoms. The number of carboxylic acids is 3. The molecular formula is C84H51BrCl5F19N14O13. The van der Waals surface area contributed by atoms with Gasteiger partial charge in [-0.3, -0.25) is 0 Å². The minimum atomic E-state index is -5.08. The molecule has 136 heavy (non-hydrogen) atoms. The number of benzene rings is 6. The lowest BCUT2D eigenvalue weighted by molar-refractivity contribution is -0.141. The summed E-state index contributed by atoms with van der Waals surface area (Å²) in [6, 6.07) is 18.1. The van der Waals surface area contributed by atoms with Gasteiger partial charge >= 0.3 is 54.3 Å². The Kier molecular flexibility index (Phi) is 35.1. The second kappa shape index (κ2) is 44.2. The van der Waals surface area contributed by atoms with E-state index in [9.17, 15) is 112 Å². The summed E-state index contributed by atoms with van der Waals surface area (Å²) in [5.74, 6) is -19.1. The van der Waals surface area contributed by atoms with Crippen LogP contribution in [0.2, 0.25) is 25.1 Å². The summed E-state index contributed by atoms with van der Waals surface area (Å²) in [5, 5.41) is 33.9. The zero-order valence-corrected chi connectivity index (χ0v) is 73.5. The first-order chi connectivity index (χ1) is 63.3. The summed E-state index contributed by atoms with van der Waals surface area (Å²) in [6.07, 6.45) is -8.52. The number of halogens is 25. The predicted octanol–water partition coefficient (Wildman–Crippen LogP) is 21.1. The normalized spacial score (nSPS) is 10.9. The zero-order valence-electron chi connectivity index (χ0n) is 68.1. The molecule has 52 heteroatoms. The van der Waals surface area contributed by atoms with Crippen LogP contribution in [0.5, 0.6) is 5.75 Å². The number of aromatic nitrogens is 7. The molecule has 0 aliphatic rings. The maximum Gasteiger partial charge on any atom is 0.419 e. The third-order valence-corrected chi connectivity index (χ3v) is 20.2. The van der Waals surface area contributed by atoms with Crippen molar-refractivity contribution in [2.75, 3.05) is 62.8 Å². The van der Waals surface area contributed by atoms with Crippen LogP contribution in [0.1, 0.15) is 102 Å². The van der Waals surface area contributed by atoms with Gasteiger partial charge in [0.1, 0.15) is 46.2 Å². The van der Waals surface area contributed by atoms with Gasteiger partial charge < -0.3 is 68.7 Å². The van der Waals surface area contributed by atoms with Crippen molar-refractivity contribution in [3.63, 3.8) is 0 Å². The molecule has 710 valence electrons. The van der Waals surface area contributed by atoms with Crippen LogP contribution < -0.4 is 39.1 Å². The molecule has 0 atom stereocenters. The van der Waals surface area contributed by atoms with E-state index in [4.69, 9.17) is 124 Å². The van der Waals surface area contributed by atoms with Crippen molar-refractivity contribution in [2.45, 2.75) is 25.5 Å². The lowest BCUT2D eigenvalue weighted by Gasteiger charge is -2.13. The molecule has 0 radical (unpaired) electrons. The Morgan fingerprint density at radius 3 is 1.28 bits per heavy atom. The van der Waals surface area contributed by atoms with Crippen molar-refractivity contribution < 1.29 is 146 Å². The molecule has 6 heterocycles. The molecule has 27 nitrogen and oxygen atoms in total. The number of nitrogen functional groups attached to an aromatic ring is 6. The molecule has 0 bridgehead atoms. The standard InChI is InChI=1S/C16H12ClFN2O2.C15H10FN3O2.C14H8ClF5N2O2.C14H10F5N3O3.C13H6Cl2F4N2O2.C12H5BrClF3N2O2/c1-4-9-5-6-10(7-11(9)18)14-8(2)13(19)12(17)15(20-14)16(21)22-3;1-2-10-12(18)11(16)13(19-14(10)15(20)21)9-5-3-8(7-17)4-6-9;1-24-13(23)12-8(15)10(21)9(17)11(22-12)5-2-3-6(7(16)4-5)14(18,19)20;1-24-10-9(13(23)25-2)21-12(22-11(10)20)5-3-8(16)6(4-7(5)15)14(17,18)19;14-7-9(20)8(15)11(12(22)23)21-10(7)4-1-2-5(6(16)3-4)13(17,18)19;13-4-2-1-3(6(15)7(4)16)10-8(17)9(18)5(14)11(19-10)12(20)21/h1,5-7H,2-3H3,(H2,19,20);2-6H,1H2,(H2,18,19)(H,20,21);2-4H,1H3,(H2,21,22);3-4H,1-2H3,(H2,20,21,22);1-3H,(H2,20,21)(H,22,23);1-2H,(H2,18,19)(H,20,21). The number of anilines is 6. The SMILES string of the molecule is C#Cc1ccc(-c2nc(C(=O)OC)c(Cl)c(N)c2C)cc1F.C=Cc1c(C(=O)O)nc(-c2ccc(C#N)cc2)c(F)c1N.COC(=O)c1nc(-c2cc(F)c(C(F)(F)F)cc2F)nc(N)c1OC.COC(=O)c1nc(-c2ccc(C(F)(F)F)c(F)c2)c(F)c(N)c1Cl.Nc1c(Cl)c(C(=O)O)nc(-c2ccc(C(F)(F)F)c(F)c2)c1Cl.Nc1c(F)c(-c2ccc(Br)c(F)c2F)nc(C(=O)O)c1Cl. The number of methoxy groups -OCH3 is 4. The molecular weight excluding hydrogens is 2030 g/mol. The molecule has 6 aromatic carbocycles. The number of nitrogens with two attached hydrogens (primary N) is 6. The summed E-state index contributed by atoms with van der Waals surface area (Å²) in [5.41, 5.74) is 22.3. The number of carbonyl (C=O) groups is 6. The third-order valence-electron chi connectivity index (χ3n) is 17.7. The van der Waals surface area contributed by atoms with E-state index in [-0.39, 0.29) is 94.5 Å². The first-order valence-electron chi connectivity index (χ1n) is 35.7. The second-order valence-electron chi connectivity index (χ2n) is 26.0. The lowest BCUT2D eigenvalue weighted by atomic mass is 10.0. The quantitative estimate of drug-likeness (QED) is 0.0160. The van der Waals surface area contributed by atoms with E-state index in [0.29, 0.717) is 52.2 Å². The average molecular weight is 2080 g/mol. The molecule has 0 saturated heterocycles. The number of aromatic carboxylic acids is 3. The molecule has 0 amide bonds. The van der Waals surface area contributed by atoms with Gasteiger partial charge in [-0.05, 0) is 101 Å². The summed E-state index contributed by atoms with van der Waals surface area (Å²) in [4.78, 5) is 94.2. The zero-order chi connectivity index (χ0) is 103. The van der Waals surface area contributed by atoms with Crippen LogP contribution in [0.3, 0.4) is 0 Å². The lowest BCUT2D eigenvalue weighted by Crippen LogP contribution is -2.13. The fraction of sp³-hybridized carbons (Fsp3) is 0.0952. The van der Waals surface area contributed by atoms with Gasteiger partial charge in [-0.1, -0.05) is 107 Å². The first kappa shape index (κ1) is 108. The van der Waals surface area contributed by atoms with Gasteiger partial charge in [0.15, 0.2) is 80.6 Å². The highest BCUT2D eigenvalue weighted by atomic mass is 79.9. The Balaban J connectivity index is 0.000000223. The summed E-state index contributed by atoms with van der Waals surface area (Å²) >= 11 is 31.6. The average Bonchev–Trinajstić information content (AvgIpc) is 0.788. The maximum absolute atomic E-state index is 14.3. The Morgan fingerprint density at radius 1 is 0.426 bits per heavy atom. The number of ether oxygens (including phenoxy) is 4. The Hall–Kier alpha value is -15.0. The molecule has 0 unspecified atom stereocenters. The summed E-state index contributed by atoms with van der Waals surface area (Å²) in [6.45, 7) is 5.09. The number of carboxylic acid groups (broad SMARTS) is 3. The number of pyridine rings is 5. The number of carbonyl (C=O) groups excluding carboxylic acids is 3. The van der Waals surface area contributed by atoms with E-state index < -0.39 is 213 Å². The number of nitrogens with zero attached hydrogens (tertiary/aromatic N) is 8. The number of hydrogen-bond acceptors (Lipinski definition) is 24. The highest BCUT2D eigenvalue weighted by Gasteiger charge is 2.39. The van der Waals surface area contributed by atoms with Crippen molar-refractivity contribution in [1.82, 2.24) is 34.9 Å². The van der Waals surface area contributed by atoms with Crippen LogP contribution in [-0.2, 0) is 32.7 Å². The molecule has 0 saturated carbocycles. The third kappa shape index (κ3) is 23.9. The van der Waals surface area contributed by atoms with Gasteiger partial charge in [-0.25, -0.2) is 108 Å². The summed E-state index contributed by atoms with van der Waals surface area (Å²) in [7, 11) is 4.40. The van der Waals surface area contributed by atoms with Crippen molar-refractivity contribution in [2.24, 2.45) is 0 Å². The Morgan fingerprint density at radius 2 is 0.824 bits per heavy atom. The molecule has 0 aliphatic carbocycles. The minimum Gasteiger partial charge on any atom is -0.491 e. The van der Waals surface area contributed by atoms with E-state index in [0.717, 1.165) is 51.7 Å². The van der Waals surface area contributed by atoms with Crippen LogP contribution in [0.25, 0.3) is 73.8 Å². The van der Waals surface area contributed by atoms with E-state index >= 15 is 0 Å². The van der Waals surface area contributed by atoms with Gasteiger partial charge in [0.25, 0.3) is 0 Å². The van der Waals surface area contributed by atoms with Gasteiger partial charge in [0.05, 0.1) is 137 Å². The Bertz CT molecular complexity index is 6940. The van der Waals surface area contributed by atoms with E-state index in [1.165, 1.54) is 43.5 Å². The van der Waals surface area contributed by atoms with Crippen molar-refractivity contribution in [3.8, 4) is 91.8 Å². The predicted molar refractivity (Wildman–Crippen MR) is 459 cm³/mol. The maximum atomic E-state index is 14.3. The van der Waals surface area contributed by atoms with Crippen LogP contribution in [0.4, 0.5) is 118 Å². The molecule has 6 aromatic heterocycles. The van der Waals surface area contributed by atoms with Crippen molar-refractivity contribution >= 4 is 150 Å². The fourth-order valence-electron chi connectivity index (χ4n) is 11.0. The number of nitriles is 1. The largest absolute Gasteiger partial charge is 0.491 e. The number of hydrogen-bond donors (Lipinski definition) is 9. The van der Waals surface area contributed by atoms with E-state index in [2.05, 4.69) is 77.5 Å². The van der Waals surface area contributed by atoms with Crippen LogP contribution >= 0.6 is 73.9 Å². The summed E-state index contributed by atoms with van der Waals surface area (Å²) < 4.78 is 270. The van der Waals surface area contributed by atoms with Gasteiger partial charge in [-0.15, -0.1) is 6.42 Å². The molecule has 15 N–H and O–H groups in total. The molecule has 12 aromatic rings. The van der Waals surface area contributed by atoms with Crippen LogP contribution in [0.15, 0.2) is 114 Å². The molecule has 0 fully saturated rings. The van der Waals surface area contributed by atoms with Crippen LogP contribution in [-0.4, -0.2) is 114 Å². The number of terminal acetylenes is 1. The van der Waals surface area contributed by atoms with Crippen LogP contribution in [0, 0.1) is 88.8 Å². The number of alkyl halides is 9. The van der Waals surface area contributed by atoms with Gasteiger partial charge in [0.2, 0.25) is 0 Å². The number of esters is 3. The fourth-order valence-corrected chi connectivity index (χ4v) is 12.5. The van der Waals surface area contributed by atoms with Gasteiger partial charge in [-0.2, -0.15) is 44.8 Å². The van der Waals surface area contributed by atoms with Crippen molar-refractivity contribution in [1.29, 1.82) is 5.26 Å².